The minimum Gasteiger partial charge on any atom is -0.508 e. The molecule has 0 fully saturated rings. The predicted molar refractivity (Wildman–Crippen MR) is 105 cm³/mol. The molecule has 1 amide bonds. The number of carbonyl (C=O) groups is 1. The van der Waals surface area contributed by atoms with E-state index in [0.29, 0.717) is 20.4 Å². The molecule has 0 atom stereocenters. The van der Waals surface area contributed by atoms with Gasteiger partial charge >= 0.3 is 0 Å². The van der Waals surface area contributed by atoms with Gasteiger partial charge in [-0.05, 0) is 68.1 Å². The van der Waals surface area contributed by atoms with E-state index in [1.165, 1.54) is 12.1 Å². The third-order valence-corrected chi connectivity index (χ3v) is 4.98. The maximum atomic E-state index is 11.9. The normalized spacial score (nSPS) is 11.5. The molecule has 10 heteroatoms. The van der Waals surface area contributed by atoms with Gasteiger partial charge in [-0.2, -0.15) is 8.42 Å². The van der Waals surface area contributed by atoms with E-state index in [-0.39, 0.29) is 17.2 Å². The van der Waals surface area contributed by atoms with Crippen molar-refractivity contribution in [3.05, 3.63) is 50.4 Å². The predicted octanol–water partition coefficient (Wildman–Crippen LogP) is 3.77. The van der Waals surface area contributed by atoms with Crippen LogP contribution in [0.2, 0.25) is 0 Å². The fourth-order valence-electron chi connectivity index (χ4n) is 2.15. The molecular formula is C16H16Br2N2O5S. The van der Waals surface area contributed by atoms with Crippen molar-refractivity contribution in [1.82, 2.24) is 4.72 Å². The number of halogens is 2. The molecule has 0 radical (unpaired) electrons. The molecule has 0 heterocycles. The van der Waals surface area contributed by atoms with Crippen LogP contribution in [-0.4, -0.2) is 19.4 Å². The molecule has 0 spiro atoms. The van der Waals surface area contributed by atoms with E-state index in [9.17, 15) is 18.3 Å². The number of nitrogens with two attached hydrogens (primary N) is 1. The molecule has 2 rings (SSSR count). The van der Waals surface area contributed by atoms with Gasteiger partial charge in [0.15, 0.2) is 5.75 Å². The molecule has 7 nitrogen and oxygen atoms in total. The second-order valence-corrected chi connectivity index (χ2v) is 8.73. The minimum absolute atomic E-state index is 0.0682. The number of aromatic hydroxyl groups is 1. The average Bonchev–Trinajstić information content (AvgIpc) is 2.50. The Labute approximate surface area is 168 Å². The largest absolute Gasteiger partial charge is 0.508 e. The highest BCUT2D eigenvalue weighted by Gasteiger charge is 2.17. The summed E-state index contributed by atoms with van der Waals surface area (Å²) in [5.41, 5.74) is 0.803. The Morgan fingerprint density at radius 3 is 2.27 bits per heavy atom. The number of amides is 1. The molecule has 0 unspecified atom stereocenters. The molecule has 26 heavy (non-hydrogen) atoms. The van der Waals surface area contributed by atoms with Gasteiger partial charge in [-0.25, -0.2) is 9.86 Å². The van der Waals surface area contributed by atoms with Gasteiger partial charge in [0.1, 0.15) is 11.5 Å². The number of phenolic OH excluding ortho intramolecular Hbond substituents is 1. The van der Waals surface area contributed by atoms with Crippen molar-refractivity contribution in [2.24, 2.45) is 5.14 Å². The van der Waals surface area contributed by atoms with Crippen LogP contribution in [0.1, 0.15) is 35.7 Å². The highest BCUT2D eigenvalue weighted by molar-refractivity contribution is 9.11. The number of carbonyl (C=O) groups excluding carboxylic acids is 1. The molecule has 2 aromatic carbocycles. The maximum Gasteiger partial charge on any atom is 0.298 e. The first-order chi connectivity index (χ1) is 12.0. The molecule has 140 valence electrons. The highest BCUT2D eigenvalue weighted by Crippen LogP contribution is 2.39. The summed E-state index contributed by atoms with van der Waals surface area (Å²) in [6, 6.07) is 7.69. The third-order valence-electron chi connectivity index (χ3n) is 3.34. The van der Waals surface area contributed by atoms with Gasteiger partial charge in [-0.1, -0.05) is 13.8 Å². The second-order valence-electron chi connectivity index (χ2n) is 5.72. The van der Waals surface area contributed by atoms with Gasteiger partial charge in [0.25, 0.3) is 16.1 Å². The van der Waals surface area contributed by atoms with Gasteiger partial charge in [0, 0.05) is 11.1 Å². The molecule has 2 aromatic rings. The van der Waals surface area contributed by atoms with E-state index in [1.54, 1.807) is 22.9 Å². The number of hydrogen-bond donors (Lipinski definition) is 3. The van der Waals surface area contributed by atoms with Crippen LogP contribution in [0.25, 0.3) is 0 Å². The molecule has 0 saturated carbocycles. The van der Waals surface area contributed by atoms with Crippen molar-refractivity contribution in [2.45, 2.75) is 19.8 Å². The summed E-state index contributed by atoms with van der Waals surface area (Å²) in [6.45, 7) is 3.90. The van der Waals surface area contributed by atoms with Gasteiger partial charge in [0.2, 0.25) is 0 Å². The van der Waals surface area contributed by atoms with Gasteiger partial charge in [-0.15, -0.1) is 0 Å². The lowest BCUT2D eigenvalue weighted by molar-refractivity contribution is 0.0981. The van der Waals surface area contributed by atoms with Gasteiger partial charge < -0.3 is 9.84 Å². The molecule has 0 aromatic heterocycles. The number of phenols is 1. The number of ether oxygens (including phenoxy) is 1. The fraction of sp³-hybridized carbons (Fsp3) is 0.188. The Morgan fingerprint density at radius 1 is 1.19 bits per heavy atom. The van der Waals surface area contributed by atoms with E-state index in [0.717, 1.165) is 5.56 Å². The first kappa shape index (κ1) is 20.7. The molecule has 0 aliphatic carbocycles. The lowest BCUT2D eigenvalue weighted by atomic mass is 10.0. The van der Waals surface area contributed by atoms with Gasteiger partial charge in [-0.3, -0.25) is 4.79 Å². The fourth-order valence-corrected chi connectivity index (χ4v) is 3.88. The number of benzene rings is 2. The Morgan fingerprint density at radius 2 is 1.77 bits per heavy atom. The van der Waals surface area contributed by atoms with Crippen LogP contribution in [-0.2, 0) is 10.2 Å². The highest BCUT2D eigenvalue weighted by atomic mass is 79.9. The Bertz CT molecular complexity index is 938. The summed E-state index contributed by atoms with van der Waals surface area (Å²) >= 11 is 6.60. The summed E-state index contributed by atoms with van der Waals surface area (Å²) < 4.78 is 30.3. The lowest BCUT2D eigenvalue weighted by Crippen LogP contribution is -2.35. The molecular weight excluding hydrogens is 492 g/mol. The zero-order chi connectivity index (χ0) is 19.6. The summed E-state index contributed by atoms with van der Waals surface area (Å²) in [5, 5.41) is 14.7. The third kappa shape index (κ3) is 5.19. The lowest BCUT2D eigenvalue weighted by Gasteiger charge is -2.14. The molecule has 0 aliphatic rings. The van der Waals surface area contributed by atoms with Crippen LogP contribution in [0.15, 0.2) is 39.3 Å². The van der Waals surface area contributed by atoms with Crippen LogP contribution < -0.4 is 14.6 Å². The van der Waals surface area contributed by atoms with Crippen molar-refractivity contribution in [3.8, 4) is 17.2 Å². The molecule has 0 aliphatic heterocycles. The van der Waals surface area contributed by atoms with Crippen molar-refractivity contribution >= 4 is 48.0 Å². The number of rotatable bonds is 5. The smallest absolute Gasteiger partial charge is 0.298 e. The Balaban J connectivity index is 2.35. The minimum atomic E-state index is -4.16. The van der Waals surface area contributed by atoms with Crippen LogP contribution in [0.4, 0.5) is 0 Å². The topological polar surface area (TPSA) is 119 Å². The quantitative estimate of drug-likeness (QED) is 0.569. The van der Waals surface area contributed by atoms with Crippen LogP contribution in [0.3, 0.4) is 0 Å². The van der Waals surface area contributed by atoms with E-state index in [1.807, 2.05) is 13.8 Å². The zero-order valence-corrected chi connectivity index (χ0v) is 17.8. The monoisotopic (exact) mass is 506 g/mol. The van der Waals surface area contributed by atoms with E-state index < -0.39 is 16.1 Å². The first-order valence-corrected chi connectivity index (χ1v) is 10.5. The summed E-state index contributed by atoms with van der Waals surface area (Å²) in [6.07, 6.45) is 0. The first-order valence-electron chi connectivity index (χ1n) is 7.32. The van der Waals surface area contributed by atoms with Crippen molar-refractivity contribution in [1.29, 1.82) is 0 Å². The van der Waals surface area contributed by atoms with E-state index in [4.69, 9.17) is 9.88 Å². The standard InChI is InChI=1S/C16H16Br2N2O5S/c1-8(2)11-7-10(3-4-14(11)21)25-15-12(17)5-9(6-13(15)18)16(22)20-26(19,23)24/h3-8,21H,1-2H3,(H,20,22)(H2,19,23,24). The molecule has 4 N–H and O–H groups in total. The molecule has 0 bridgehead atoms. The average molecular weight is 508 g/mol. The Kier molecular flexibility index (Phi) is 6.33. The van der Waals surface area contributed by atoms with Crippen LogP contribution in [0, 0.1) is 0 Å². The van der Waals surface area contributed by atoms with Crippen LogP contribution >= 0.6 is 31.9 Å². The molecule has 0 saturated heterocycles. The van der Waals surface area contributed by atoms with E-state index in [2.05, 4.69) is 31.9 Å². The number of hydrogen-bond acceptors (Lipinski definition) is 5. The summed E-state index contributed by atoms with van der Waals surface area (Å²) in [7, 11) is -4.16. The van der Waals surface area contributed by atoms with Crippen molar-refractivity contribution in [2.75, 3.05) is 0 Å². The van der Waals surface area contributed by atoms with Gasteiger partial charge in [0.05, 0.1) is 8.95 Å². The summed E-state index contributed by atoms with van der Waals surface area (Å²) in [4.78, 5) is 11.9. The summed E-state index contributed by atoms with van der Waals surface area (Å²) in [5.74, 6) is 0.301. The second kappa shape index (κ2) is 7.95. The van der Waals surface area contributed by atoms with Crippen LogP contribution in [0.5, 0.6) is 17.2 Å². The zero-order valence-electron chi connectivity index (χ0n) is 13.8. The maximum absolute atomic E-state index is 11.9. The van der Waals surface area contributed by atoms with E-state index >= 15 is 0 Å². The number of nitrogens with one attached hydrogen (secondary N) is 1. The Hall–Kier alpha value is -1.62. The van der Waals surface area contributed by atoms with Crippen molar-refractivity contribution < 1.29 is 23.1 Å². The van der Waals surface area contributed by atoms with Crippen molar-refractivity contribution in [3.63, 3.8) is 0 Å². The SMILES string of the molecule is CC(C)c1cc(Oc2c(Br)cc(C(=O)NS(N)(=O)=O)cc2Br)ccc1O.